The van der Waals surface area contributed by atoms with Gasteiger partial charge in [-0.05, 0) is 46.4 Å². The molecule has 130 valence electrons. The van der Waals surface area contributed by atoms with Gasteiger partial charge in [-0.2, -0.15) is 0 Å². The largest absolute Gasteiger partial charge is 0.270 e. The van der Waals surface area contributed by atoms with Crippen LogP contribution in [0, 0.1) is 0 Å². The normalized spacial score (nSPS) is 14.8. The SMILES string of the molecule is CCC(C)c1cccc(CN2C(=O)c3cc4ccccc4cc3C2=O)c1. The van der Waals surface area contributed by atoms with Gasteiger partial charge < -0.3 is 0 Å². The molecule has 1 atom stereocenters. The van der Waals surface area contributed by atoms with Gasteiger partial charge in [-0.15, -0.1) is 0 Å². The average molecular weight is 343 g/mol. The second-order valence-corrected chi connectivity index (χ2v) is 7.00. The number of carbonyl (C=O) groups is 2. The Hall–Kier alpha value is -2.94. The molecule has 1 unspecified atom stereocenters. The lowest BCUT2D eigenvalue weighted by molar-refractivity contribution is 0.0642. The lowest BCUT2D eigenvalue weighted by atomic mass is 9.97. The molecular weight excluding hydrogens is 322 g/mol. The fourth-order valence-electron chi connectivity index (χ4n) is 3.54. The Bertz CT molecular complexity index is 967. The summed E-state index contributed by atoms with van der Waals surface area (Å²) < 4.78 is 0. The number of carbonyl (C=O) groups excluding carboxylic acids is 2. The molecule has 26 heavy (non-hydrogen) atoms. The fourth-order valence-corrected chi connectivity index (χ4v) is 3.54. The van der Waals surface area contributed by atoms with Crippen molar-refractivity contribution in [2.75, 3.05) is 0 Å². The lowest BCUT2D eigenvalue weighted by Crippen LogP contribution is -2.29. The Labute approximate surface area is 153 Å². The van der Waals surface area contributed by atoms with Crippen LogP contribution >= 0.6 is 0 Å². The van der Waals surface area contributed by atoms with Crippen LogP contribution in [0.3, 0.4) is 0 Å². The van der Waals surface area contributed by atoms with Crippen molar-refractivity contribution in [1.82, 2.24) is 4.90 Å². The van der Waals surface area contributed by atoms with Gasteiger partial charge in [0.05, 0.1) is 17.7 Å². The molecule has 0 fully saturated rings. The molecule has 0 N–H and O–H groups in total. The number of imide groups is 1. The van der Waals surface area contributed by atoms with Crippen molar-refractivity contribution < 1.29 is 9.59 Å². The summed E-state index contributed by atoms with van der Waals surface area (Å²) >= 11 is 0. The van der Waals surface area contributed by atoms with Crippen LogP contribution in [0.5, 0.6) is 0 Å². The van der Waals surface area contributed by atoms with Crippen molar-refractivity contribution in [3.63, 3.8) is 0 Å². The first-order valence-electron chi connectivity index (χ1n) is 9.06. The van der Waals surface area contributed by atoms with E-state index in [2.05, 4.69) is 26.0 Å². The zero-order valence-electron chi connectivity index (χ0n) is 15.0. The monoisotopic (exact) mass is 343 g/mol. The topological polar surface area (TPSA) is 37.4 Å². The summed E-state index contributed by atoms with van der Waals surface area (Å²) in [5, 5.41) is 1.96. The van der Waals surface area contributed by atoms with Gasteiger partial charge in [0.15, 0.2) is 0 Å². The van der Waals surface area contributed by atoms with Crippen LogP contribution in [0.15, 0.2) is 60.7 Å². The Morgan fingerprint density at radius 1 is 0.846 bits per heavy atom. The molecule has 4 rings (SSSR count). The third kappa shape index (κ3) is 2.70. The second-order valence-electron chi connectivity index (χ2n) is 7.00. The molecule has 0 radical (unpaired) electrons. The van der Waals surface area contributed by atoms with Crippen molar-refractivity contribution in [2.24, 2.45) is 0 Å². The van der Waals surface area contributed by atoms with Gasteiger partial charge in [-0.1, -0.05) is 62.4 Å². The van der Waals surface area contributed by atoms with Crippen molar-refractivity contribution in [2.45, 2.75) is 32.7 Å². The Morgan fingerprint density at radius 2 is 1.46 bits per heavy atom. The molecule has 1 aliphatic rings. The summed E-state index contributed by atoms with van der Waals surface area (Å²) in [7, 11) is 0. The number of amides is 2. The van der Waals surface area contributed by atoms with E-state index in [1.165, 1.54) is 10.5 Å². The maximum atomic E-state index is 12.8. The van der Waals surface area contributed by atoms with E-state index in [9.17, 15) is 9.59 Å². The highest BCUT2D eigenvalue weighted by molar-refractivity contribution is 6.23. The standard InChI is InChI=1S/C23H21NO2/c1-3-15(2)17-10-6-7-16(11-17)14-24-22(25)20-12-18-8-4-5-9-19(18)13-21(20)23(24)26/h4-13,15H,3,14H2,1-2H3. The molecule has 3 aromatic rings. The maximum absolute atomic E-state index is 12.8. The van der Waals surface area contributed by atoms with Crippen LogP contribution in [0.25, 0.3) is 10.8 Å². The number of benzene rings is 3. The minimum absolute atomic E-state index is 0.204. The van der Waals surface area contributed by atoms with Gasteiger partial charge in [0, 0.05) is 0 Å². The highest BCUT2D eigenvalue weighted by Gasteiger charge is 2.35. The minimum Gasteiger partial charge on any atom is -0.270 e. The number of hydrogen-bond donors (Lipinski definition) is 0. The zero-order valence-corrected chi connectivity index (χ0v) is 15.0. The lowest BCUT2D eigenvalue weighted by Gasteiger charge is -2.16. The van der Waals surface area contributed by atoms with Crippen molar-refractivity contribution in [3.8, 4) is 0 Å². The van der Waals surface area contributed by atoms with Gasteiger partial charge in [0.2, 0.25) is 0 Å². The van der Waals surface area contributed by atoms with E-state index in [1.807, 2.05) is 48.5 Å². The molecule has 3 aromatic carbocycles. The first kappa shape index (κ1) is 16.5. The van der Waals surface area contributed by atoms with Gasteiger partial charge in [-0.3, -0.25) is 14.5 Å². The van der Waals surface area contributed by atoms with E-state index in [1.54, 1.807) is 0 Å². The quantitative estimate of drug-likeness (QED) is 0.614. The van der Waals surface area contributed by atoms with Gasteiger partial charge in [0.1, 0.15) is 0 Å². The molecule has 0 aliphatic carbocycles. The van der Waals surface area contributed by atoms with E-state index >= 15 is 0 Å². The molecule has 0 saturated heterocycles. The van der Waals surface area contributed by atoms with E-state index in [4.69, 9.17) is 0 Å². The van der Waals surface area contributed by atoms with Crippen molar-refractivity contribution in [3.05, 3.63) is 82.9 Å². The first-order valence-corrected chi connectivity index (χ1v) is 9.06. The summed E-state index contributed by atoms with van der Waals surface area (Å²) in [5.41, 5.74) is 3.24. The third-order valence-corrected chi connectivity index (χ3v) is 5.31. The average Bonchev–Trinajstić information content (AvgIpc) is 2.90. The van der Waals surface area contributed by atoms with Crippen LogP contribution in [0.1, 0.15) is 58.0 Å². The van der Waals surface area contributed by atoms with E-state index in [0.29, 0.717) is 23.6 Å². The highest BCUT2D eigenvalue weighted by atomic mass is 16.2. The molecule has 1 aliphatic heterocycles. The Morgan fingerprint density at radius 3 is 2.04 bits per heavy atom. The summed E-state index contributed by atoms with van der Waals surface area (Å²) in [6.45, 7) is 4.66. The molecule has 3 heteroatoms. The molecule has 0 aromatic heterocycles. The highest BCUT2D eigenvalue weighted by Crippen LogP contribution is 2.29. The zero-order chi connectivity index (χ0) is 18.3. The smallest absolute Gasteiger partial charge is 0.261 e. The molecule has 1 heterocycles. The first-order chi connectivity index (χ1) is 12.6. The molecular formula is C23H21NO2. The van der Waals surface area contributed by atoms with Crippen LogP contribution in [0.4, 0.5) is 0 Å². The Balaban J connectivity index is 1.67. The third-order valence-electron chi connectivity index (χ3n) is 5.31. The van der Waals surface area contributed by atoms with Gasteiger partial charge in [0.25, 0.3) is 11.8 Å². The minimum atomic E-state index is -0.204. The number of nitrogens with zero attached hydrogens (tertiary/aromatic N) is 1. The summed E-state index contributed by atoms with van der Waals surface area (Å²) in [5.74, 6) is 0.0526. The van der Waals surface area contributed by atoms with Crippen LogP contribution in [-0.4, -0.2) is 16.7 Å². The summed E-state index contributed by atoms with van der Waals surface area (Å²) in [6, 6.07) is 19.7. The fraction of sp³-hybridized carbons (Fsp3) is 0.217. The number of hydrogen-bond acceptors (Lipinski definition) is 2. The molecule has 3 nitrogen and oxygen atoms in total. The molecule has 0 bridgehead atoms. The number of fused-ring (bicyclic) bond motifs is 2. The number of rotatable bonds is 4. The predicted molar refractivity (Wildman–Crippen MR) is 103 cm³/mol. The van der Waals surface area contributed by atoms with Crippen LogP contribution in [-0.2, 0) is 6.54 Å². The summed E-state index contributed by atoms with van der Waals surface area (Å²) in [4.78, 5) is 27.0. The van der Waals surface area contributed by atoms with E-state index < -0.39 is 0 Å². The van der Waals surface area contributed by atoms with Crippen LogP contribution < -0.4 is 0 Å². The molecule has 2 amide bonds. The second kappa shape index (κ2) is 6.41. The van der Waals surface area contributed by atoms with E-state index in [-0.39, 0.29) is 11.8 Å². The van der Waals surface area contributed by atoms with Crippen LogP contribution in [0.2, 0.25) is 0 Å². The maximum Gasteiger partial charge on any atom is 0.261 e. The molecule has 0 saturated carbocycles. The summed E-state index contributed by atoms with van der Waals surface area (Å²) in [6.07, 6.45) is 1.06. The Kier molecular flexibility index (Phi) is 4.08. The van der Waals surface area contributed by atoms with Crippen molar-refractivity contribution in [1.29, 1.82) is 0 Å². The molecule has 0 spiro atoms. The van der Waals surface area contributed by atoms with Gasteiger partial charge >= 0.3 is 0 Å². The van der Waals surface area contributed by atoms with Crippen molar-refractivity contribution >= 4 is 22.6 Å². The van der Waals surface area contributed by atoms with Gasteiger partial charge in [-0.25, -0.2) is 0 Å². The predicted octanol–water partition coefficient (Wildman–Crippen LogP) is 5.15. The van der Waals surface area contributed by atoms with E-state index in [0.717, 1.165) is 22.8 Å².